The summed E-state index contributed by atoms with van der Waals surface area (Å²) < 4.78 is 5.45. The minimum atomic E-state index is 0.328. The second-order valence-corrected chi connectivity index (χ2v) is 4.59. The van der Waals surface area contributed by atoms with Gasteiger partial charge in [-0.05, 0) is 32.2 Å². The van der Waals surface area contributed by atoms with Crippen LogP contribution in [0.5, 0.6) is 0 Å². The van der Waals surface area contributed by atoms with Gasteiger partial charge in [0.2, 0.25) is 0 Å². The lowest BCUT2D eigenvalue weighted by atomic mass is 10.3. The third-order valence-electron chi connectivity index (χ3n) is 1.97. The first kappa shape index (κ1) is 11.7. The number of ether oxygens (including phenoxy) is 1. The SMILES string of the molecule is CC(C)OCCN[C@@H](C)c1cccs1. The molecule has 1 atom stereocenters. The molecule has 0 aliphatic rings. The van der Waals surface area contributed by atoms with Crippen LogP contribution in [0, 0.1) is 0 Å². The fourth-order valence-corrected chi connectivity index (χ4v) is 1.97. The highest BCUT2D eigenvalue weighted by atomic mass is 32.1. The Morgan fingerprint density at radius 2 is 2.21 bits per heavy atom. The summed E-state index contributed by atoms with van der Waals surface area (Å²) in [5.41, 5.74) is 0. The summed E-state index contributed by atoms with van der Waals surface area (Å²) in [5.74, 6) is 0. The first-order valence-electron chi connectivity index (χ1n) is 5.08. The molecule has 1 N–H and O–H groups in total. The molecule has 0 spiro atoms. The summed E-state index contributed by atoms with van der Waals surface area (Å²) in [4.78, 5) is 1.38. The summed E-state index contributed by atoms with van der Waals surface area (Å²) in [6.07, 6.45) is 0.328. The molecule has 0 fully saturated rings. The third kappa shape index (κ3) is 4.22. The number of thiophene rings is 1. The van der Waals surface area contributed by atoms with Crippen LogP contribution < -0.4 is 5.32 Å². The monoisotopic (exact) mass is 213 g/mol. The summed E-state index contributed by atoms with van der Waals surface area (Å²) >= 11 is 1.79. The Morgan fingerprint density at radius 1 is 1.43 bits per heavy atom. The van der Waals surface area contributed by atoms with Crippen molar-refractivity contribution in [1.29, 1.82) is 0 Å². The number of hydrogen-bond acceptors (Lipinski definition) is 3. The predicted octanol–water partition coefficient (Wildman–Crippen LogP) is 2.82. The van der Waals surface area contributed by atoms with Crippen molar-refractivity contribution >= 4 is 11.3 Å². The zero-order valence-corrected chi connectivity index (χ0v) is 9.93. The van der Waals surface area contributed by atoms with Crippen molar-refractivity contribution in [2.75, 3.05) is 13.2 Å². The van der Waals surface area contributed by atoms with E-state index in [-0.39, 0.29) is 0 Å². The van der Waals surface area contributed by atoms with Crippen molar-refractivity contribution in [3.63, 3.8) is 0 Å². The molecule has 2 nitrogen and oxygen atoms in total. The highest BCUT2D eigenvalue weighted by molar-refractivity contribution is 7.10. The van der Waals surface area contributed by atoms with Gasteiger partial charge in [-0.3, -0.25) is 0 Å². The molecule has 0 saturated carbocycles. The van der Waals surface area contributed by atoms with Crippen molar-refractivity contribution in [3.05, 3.63) is 22.4 Å². The molecule has 0 aliphatic carbocycles. The lowest BCUT2D eigenvalue weighted by Crippen LogP contribution is -2.23. The molecule has 1 aromatic heterocycles. The number of nitrogens with one attached hydrogen (secondary N) is 1. The van der Waals surface area contributed by atoms with E-state index in [2.05, 4.69) is 43.6 Å². The van der Waals surface area contributed by atoms with Crippen LogP contribution in [0.25, 0.3) is 0 Å². The summed E-state index contributed by atoms with van der Waals surface area (Å²) in [7, 11) is 0. The van der Waals surface area contributed by atoms with Crippen molar-refractivity contribution in [2.24, 2.45) is 0 Å². The molecule has 3 heteroatoms. The quantitative estimate of drug-likeness (QED) is 0.734. The van der Waals surface area contributed by atoms with Gasteiger partial charge in [-0.25, -0.2) is 0 Å². The fourth-order valence-electron chi connectivity index (χ4n) is 1.21. The number of hydrogen-bond donors (Lipinski definition) is 1. The average Bonchev–Trinajstić information content (AvgIpc) is 2.64. The van der Waals surface area contributed by atoms with Crippen molar-refractivity contribution in [1.82, 2.24) is 5.32 Å². The summed E-state index contributed by atoms with van der Waals surface area (Å²) in [6, 6.07) is 4.68. The van der Waals surface area contributed by atoms with Crippen molar-refractivity contribution in [2.45, 2.75) is 32.9 Å². The maximum atomic E-state index is 5.45. The second kappa shape index (κ2) is 6.17. The van der Waals surface area contributed by atoms with E-state index in [0.717, 1.165) is 13.2 Å². The molecule has 0 aromatic carbocycles. The lowest BCUT2D eigenvalue weighted by molar-refractivity contribution is 0.0797. The van der Waals surface area contributed by atoms with Gasteiger partial charge in [0.25, 0.3) is 0 Å². The molecule has 0 radical (unpaired) electrons. The molecule has 14 heavy (non-hydrogen) atoms. The van der Waals surface area contributed by atoms with Crippen LogP contribution in [0.2, 0.25) is 0 Å². The van der Waals surface area contributed by atoms with E-state index < -0.39 is 0 Å². The van der Waals surface area contributed by atoms with Gasteiger partial charge in [-0.2, -0.15) is 0 Å². The molecule has 0 bridgehead atoms. The molecular formula is C11H19NOS. The lowest BCUT2D eigenvalue weighted by Gasteiger charge is -2.13. The Bertz CT molecular complexity index is 233. The van der Waals surface area contributed by atoms with Gasteiger partial charge < -0.3 is 10.1 Å². The summed E-state index contributed by atoms with van der Waals surface area (Å²) in [6.45, 7) is 8.00. The first-order chi connectivity index (χ1) is 6.70. The molecule has 0 aliphatic heterocycles. The van der Waals surface area contributed by atoms with Crippen LogP contribution in [0.3, 0.4) is 0 Å². The Labute approximate surface area is 90.3 Å². The van der Waals surface area contributed by atoms with Gasteiger partial charge in [0.05, 0.1) is 12.7 Å². The maximum absolute atomic E-state index is 5.45. The smallest absolute Gasteiger partial charge is 0.0594 e. The van der Waals surface area contributed by atoms with Gasteiger partial charge in [-0.15, -0.1) is 11.3 Å². The van der Waals surface area contributed by atoms with Crippen molar-refractivity contribution < 1.29 is 4.74 Å². The van der Waals surface area contributed by atoms with Crippen LogP contribution in [0.4, 0.5) is 0 Å². The highest BCUT2D eigenvalue weighted by Crippen LogP contribution is 2.17. The summed E-state index contributed by atoms with van der Waals surface area (Å²) in [5, 5.41) is 5.54. The Morgan fingerprint density at radius 3 is 2.79 bits per heavy atom. The van der Waals surface area contributed by atoms with E-state index in [1.54, 1.807) is 11.3 Å². The van der Waals surface area contributed by atoms with Crippen LogP contribution >= 0.6 is 11.3 Å². The molecule has 0 amide bonds. The van der Waals surface area contributed by atoms with Gasteiger partial charge in [0.15, 0.2) is 0 Å². The Kier molecular flexibility index (Phi) is 5.15. The first-order valence-corrected chi connectivity index (χ1v) is 5.96. The molecule has 1 rings (SSSR count). The molecule has 1 heterocycles. The largest absolute Gasteiger partial charge is 0.377 e. The van der Waals surface area contributed by atoms with E-state index in [1.807, 2.05) is 0 Å². The maximum Gasteiger partial charge on any atom is 0.0594 e. The van der Waals surface area contributed by atoms with Gasteiger partial charge in [0, 0.05) is 17.5 Å². The highest BCUT2D eigenvalue weighted by Gasteiger charge is 2.04. The minimum absolute atomic E-state index is 0.328. The molecule has 80 valence electrons. The third-order valence-corrected chi connectivity index (χ3v) is 3.03. The van der Waals surface area contributed by atoms with E-state index in [1.165, 1.54) is 4.88 Å². The Balaban J connectivity index is 2.13. The second-order valence-electron chi connectivity index (χ2n) is 3.61. The van der Waals surface area contributed by atoms with Gasteiger partial charge in [0.1, 0.15) is 0 Å². The molecule has 0 saturated heterocycles. The zero-order valence-electron chi connectivity index (χ0n) is 9.12. The van der Waals surface area contributed by atoms with E-state index in [4.69, 9.17) is 4.74 Å². The number of rotatable bonds is 6. The normalized spacial score (nSPS) is 13.4. The zero-order chi connectivity index (χ0) is 10.4. The standard InChI is InChI=1S/C11H19NOS/c1-9(2)13-7-6-12-10(3)11-5-4-8-14-11/h4-5,8-10,12H,6-7H2,1-3H3/t10-/m0/s1. The molecular weight excluding hydrogens is 194 g/mol. The molecule has 0 unspecified atom stereocenters. The fraction of sp³-hybridized carbons (Fsp3) is 0.636. The van der Waals surface area contributed by atoms with Crippen LogP contribution in [0.15, 0.2) is 17.5 Å². The van der Waals surface area contributed by atoms with Crippen LogP contribution in [-0.2, 0) is 4.74 Å². The van der Waals surface area contributed by atoms with E-state index in [0.29, 0.717) is 12.1 Å². The van der Waals surface area contributed by atoms with Crippen LogP contribution in [-0.4, -0.2) is 19.3 Å². The predicted molar refractivity (Wildman–Crippen MR) is 61.8 cm³/mol. The topological polar surface area (TPSA) is 21.3 Å². The van der Waals surface area contributed by atoms with Crippen LogP contribution in [0.1, 0.15) is 31.7 Å². The van der Waals surface area contributed by atoms with Gasteiger partial charge >= 0.3 is 0 Å². The van der Waals surface area contributed by atoms with Crippen molar-refractivity contribution in [3.8, 4) is 0 Å². The van der Waals surface area contributed by atoms with Gasteiger partial charge in [-0.1, -0.05) is 6.07 Å². The molecule has 1 aromatic rings. The minimum Gasteiger partial charge on any atom is -0.377 e. The van der Waals surface area contributed by atoms with E-state index in [9.17, 15) is 0 Å². The van der Waals surface area contributed by atoms with E-state index >= 15 is 0 Å². The Hall–Kier alpha value is -0.380. The average molecular weight is 213 g/mol.